The molecule has 3 amide bonds. The number of rotatable bonds is 15. The summed E-state index contributed by atoms with van der Waals surface area (Å²) in [6, 6.07) is 15.4. The van der Waals surface area contributed by atoms with E-state index in [0.29, 0.717) is 50.8 Å². The van der Waals surface area contributed by atoms with E-state index in [9.17, 15) is 14.4 Å². The van der Waals surface area contributed by atoms with Gasteiger partial charge in [0.2, 0.25) is 11.8 Å². The average molecular weight is 607 g/mol. The Balaban J connectivity index is 0.00000529. The summed E-state index contributed by atoms with van der Waals surface area (Å²) in [7, 11) is 0. The third-order valence-electron chi connectivity index (χ3n) is 7.16. The minimum absolute atomic E-state index is 0. The Kier molecular flexibility index (Phi) is 13.8. The number of benzene rings is 2. The van der Waals surface area contributed by atoms with E-state index < -0.39 is 6.09 Å². The Morgan fingerprint density at radius 3 is 2.43 bits per heavy atom. The van der Waals surface area contributed by atoms with Gasteiger partial charge in [-0.2, -0.15) is 0 Å². The molecule has 44 heavy (non-hydrogen) atoms. The molecule has 0 bridgehead atoms. The molecule has 238 valence electrons. The highest BCUT2D eigenvalue weighted by Gasteiger charge is 2.29. The molecular weight excluding hydrogens is 560 g/mol. The lowest BCUT2D eigenvalue weighted by Crippen LogP contribution is -2.34. The topological polar surface area (TPSA) is 128 Å². The quantitative estimate of drug-likeness (QED) is 0.224. The standard InChI is InChI=1S/C32H42N6O5.CH4/c1-3-5-10-17-34-32(41)43-22-19-38-31-25-12-7-6-11-24(25)23-37(27-14-9-8-13-26(27)30(31)35-36-38)29(40)16-15-28(39)33-18-21-42-20-4-2;/h6-9,11-14H,3-5,10,15-23H2,1-2H3,(H,33,39)(H,34,41);1H4. The molecule has 0 spiro atoms. The van der Waals surface area contributed by atoms with Gasteiger partial charge in [-0.1, -0.05) is 81.8 Å². The first-order valence-electron chi connectivity index (χ1n) is 15.2. The highest BCUT2D eigenvalue weighted by Crippen LogP contribution is 2.41. The van der Waals surface area contributed by atoms with Gasteiger partial charge >= 0.3 is 6.09 Å². The van der Waals surface area contributed by atoms with E-state index in [1.807, 2.05) is 55.5 Å². The van der Waals surface area contributed by atoms with E-state index in [2.05, 4.69) is 27.9 Å². The van der Waals surface area contributed by atoms with Gasteiger partial charge < -0.3 is 25.0 Å². The van der Waals surface area contributed by atoms with Crippen molar-refractivity contribution in [3.05, 3.63) is 54.1 Å². The zero-order valence-electron chi connectivity index (χ0n) is 25.1. The number of amides is 3. The van der Waals surface area contributed by atoms with Crippen molar-refractivity contribution in [2.45, 2.75) is 72.9 Å². The van der Waals surface area contributed by atoms with Crippen LogP contribution in [0.5, 0.6) is 0 Å². The Bertz CT molecular complexity index is 1370. The van der Waals surface area contributed by atoms with Crippen molar-refractivity contribution in [2.24, 2.45) is 0 Å². The minimum atomic E-state index is -0.447. The lowest BCUT2D eigenvalue weighted by molar-refractivity contribution is -0.125. The van der Waals surface area contributed by atoms with Crippen LogP contribution in [0.15, 0.2) is 48.5 Å². The number of hydrogen-bond donors (Lipinski definition) is 2. The van der Waals surface area contributed by atoms with Gasteiger partial charge in [0, 0.05) is 43.7 Å². The van der Waals surface area contributed by atoms with Crippen LogP contribution in [0.25, 0.3) is 22.5 Å². The molecule has 11 nitrogen and oxygen atoms in total. The summed E-state index contributed by atoms with van der Waals surface area (Å²) in [4.78, 5) is 39.9. The third kappa shape index (κ3) is 9.12. The van der Waals surface area contributed by atoms with Gasteiger partial charge in [0.1, 0.15) is 12.3 Å². The zero-order chi connectivity index (χ0) is 30.4. The fourth-order valence-corrected chi connectivity index (χ4v) is 4.99. The van der Waals surface area contributed by atoms with Crippen LogP contribution in [0, 0.1) is 0 Å². The number of ether oxygens (including phenoxy) is 2. The maximum Gasteiger partial charge on any atom is 0.407 e. The van der Waals surface area contributed by atoms with Crippen LogP contribution in [0.3, 0.4) is 0 Å². The summed E-state index contributed by atoms with van der Waals surface area (Å²) in [5.74, 6) is -0.343. The van der Waals surface area contributed by atoms with E-state index in [4.69, 9.17) is 9.47 Å². The van der Waals surface area contributed by atoms with Crippen molar-refractivity contribution >= 4 is 23.6 Å². The number of carbonyl (C=O) groups is 3. The van der Waals surface area contributed by atoms with Crippen LogP contribution >= 0.6 is 0 Å². The van der Waals surface area contributed by atoms with E-state index in [-0.39, 0.29) is 38.7 Å². The predicted molar refractivity (Wildman–Crippen MR) is 171 cm³/mol. The van der Waals surface area contributed by atoms with Crippen LogP contribution in [0.1, 0.15) is 65.4 Å². The second-order valence-corrected chi connectivity index (χ2v) is 10.4. The monoisotopic (exact) mass is 606 g/mol. The van der Waals surface area contributed by atoms with Crippen LogP contribution in [0.4, 0.5) is 10.5 Å². The first-order valence-corrected chi connectivity index (χ1v) is 15.2. The number of anilines is 1. The molecule has 0 aliphatic carbocycles. The summed E-state index contributed by atoms with van der Waals surface area (Å²) in [6.07, 6.45) is 3.68. The smallest absolute Gasteiger partial charge is 0.407 e. The van der Waals surface area contributed by atoms with Crippen LogP contribution in [-0.2, 0) is 32.2 Å². The summed E-state index contributed by atoms with van der Waals surface area (Å²) in [5, 5.41) is 14.6. The Hall–Kier alpha value is -4.25. The van der Waals surface area contributed by atoms with E-state index in [1.54, 1.807) is 9.58 Å². The van der Waals surface area contributed by atoms with Gasteiger partial charge in [-0.05, 0) is 24.5 Å². The number of aromatic nitrogens is 3. The molecule has 11 heteroatoms. The van der Waals surface area contributed by atoms with E-state index >= 15 is 0 Å². The number of unbranched alkanes of at least 4 members (excludes halogenated alkanes) is 2. The molecule has 2 N–H and O–H groups in total. The number of fused-ring (bicyclic) bond motifs is 5. The number of nitrogens with one attached hydrogen (secondary N) is 2. The molecular formula is C33H46N6O5. The Morgan fingerprint density at radius 1 is 0.864 bits per heavy atom. The summed E-state index contributed by atoms with van der Waals surface area (Å²) >= 11 is 0. The highest BCUT2D eigenvalue weighted by molar-refractivity contribution is 6.01. The van der Waals surface area contributed by atoms with Gasteiger partial charge in [-0.3, -0.25) is 9.59 Å². The van der Waals surface area contributed by atoms with Gasteiger partial charge in [-0.25, -0.2) is 9.48 Å². The molecule has 0 fully saturated rings. The lowest BCUT2D eigenvalue weighted by Gasteiger charge is -2.28. The summed E-state index contributed by atoms with van der Waals surface area (Å²) in [6.45, 7) is 7.03. The molecule has 2 heterocycles. The molecule has 0 atom stereocenters. The maximum atomic E-state index is 13.6. The molecule has 1 aromatic heterocycles. The van der Waals surface area contributed by atoms with Crippen molar-refractivity contribution in [3.8, 4) is 22.5 Å². The fourth-order valence-electron chi connectivity index (χ4n) is 4.99. The normalized spacial score (nSPS) is 11.6. The third-order valence-corrected chi connectivity index (χ3v) is 7.16. The molecule has 4 rings (SSSR count). The molecule has 3 aromatic rings. The Morgan fingerprint density at radius 2 is 1.64 bits per heavy atom. The summed E-state index contributed by atoms with van der Waals surface area (Å²) in [5.41, 5.74) is 4.71. The molecule has 0 radical (unpaired) electrons. The predicted octanol–water partition coefficient (Wildman–Crippen LogP) is 5.33. The highest BCUT2D eigenvalue weighted by atomic mass is 16.5. The zero-order valence-corrected chi connectivity index (χ0v) is 25.1. The fraction of sp³-hybridized carbons (Fsp3) is 0.485. The van der Waals surface area contributed by atoms with E-state index in [1.165, 1.54) is 0 Å². The second kappa shape index (κ2) is 17.8. The van der Waals surface area contributed by atoms with Gasteiger partial charge in [0.25, 0.3) is 0 Å². The average Bonchev–Trinajstić information content (AvgIpc) is 3.43. The first kappa shape index (κ1) is 34.2. The van der Waals surface area contributed by atoms with Crippen LogP contribution in [-0.4, -0.2) is 65.8 Å². The molecule has 0 unspecified atom stereocenters. The maximum absolute atomic E-state index is 13.6. The van der Waals surface area contributed by atoms with Crippen molar-refractivity contribution in [3.63, 3.8) is 0 Å². The molecule has 1 aliphatic rings. The van der Waals surface area contributed by atoms with E-state index in [0.717, 1.165) is 48.1 Å². The molecule has 1 aliphatic heterocycles. The van der Waals surface area contributed by atoms with Gasteiger partial charge in [0.15, 0.2) is 0 Å². The summed E-state index contributed by atoms with van der Waals surface area (Å²) < 4.78 is 12.6. The minimum Gasteiger partial charge on any atom is -0.448 e. The number of carbonyl (C=O) groups excluding carboxylic acids is 3. The lowest BCUT2D eigenvalue weighted by atomic mass is 9.95. The van der Waals surface area contributed by atoms with Crippen molar-refractivity contribution in [2.75, 3.05) is 37.8 Å². The number of hydrogen-bond acceptors (Lipinski definition) is 7. The molecule has 2 aromatic carbocycles. The van der Waals surface area contributed by atoms with Crippen LogP contribution < -0.4 is 15.5 Å². The second-order valence-electron chi connectivity index (χ2n) is 10.4. The van der Waals surface area contributed by atoms with Crippen molar-refractivity contribution in [1.82, 2.24) is 25.6 Å². The number of nitrogens with zero attached hydrogens (tertiary/aromatic N) is 4. The van der Waals surface area contributed by atoms with Crippen molar-refractivity contribution < 1.29 is 23.9 Å². The van der Waals surface area contributed by atoms with Gasteiger partial charge in [0.05, 0.1) is 31.1 Å². The first-order chi connectivity index (χ1) is 21.0. The SMILES string of the molecule is C.CCCCCNC(=O)OCCn1nnc2c1-c1ccccc1CN(C(=O)CCC(=O)NCCOCCC)c1ccccc1-2. The van der Waals surface area contributed by atoms with Crippen molar-refractivity contribution in [1.29, 1.82) is 0 Å². The van der Waals surface area contributed by atoms with Crippen LogP contribution in [0.2, 0.25) is 0 Å². The molecule has 0 saturated heterocycles. The number of alkyl carbamates (subject to hydrolysis) is 1. The van der Waals surface area contributed by atoms with Gasteiger partial charge in [-0.15, -0.1) is 5.10 Å². The number of para-hydroxylation sites is 1. The Labute approximate surface area is 260 Å². The molecule has 0 saturated carbocycles. The largest absolute Gasteiger partial charge is 0.448 e.